The fourth-order valence-electron chi connectivity index (χ4n) is 0.571. The zero-order valence-corrected chi connectivity index (χ0v) is 10.7. The second-order valence-electron chi connectivity index (χ2n) is 2.05. The van der Waals surface area contributed by atoms with Gasteiger partial charge >= 0.3 is 6.03 Å². The molecule has 0 aromatic carbocycles. The van der Waals surface area contributed by atoms with Gasteiger partial charge in [0.25, 0.3) is 5.91 Å². The van der Waals surface area contributed by atoms with Crippen molar-refractivity contribution in [2.24, 2.45) is 5.16 Å². The number of carbonyl (C=O) groups is 2. The molecule has 7 nitrogen and oxygen atoms in total. The number of carbonyl (C=O) groups excluding carboxylic acids is 2. The van der Waals surface area contributed by atoms with Crippen molar-refractivity contribution in [3.8, 4) is 6.07 Å². The van der Waals surface area contributed by atoms with E-state index in [9.17, 15) is 9.59 Å². The standard InChI is InChI=1S/C7H10N4O3.CH3.V/c1-3-9-7(13)10-6(12)5(4-8)11-14-2;;/h3H2,1-2H3,(H2,9,10,12,13);1H3;/q;-1;/b11-5-;;. The van der Waals surface area contributed by atoms with Gasteiger partial charge in [0.15, 0.2) is 0 Å². The molecule has 0 aliphatic heterocycles. The summed E-state index contributed by atoms with van der Waals surface area (Å²) in [5.41, 5.74) is -0.515. The third kappa shape index (κ3) is 7.85. The fourth-order valence-corrected chi connectivity index (χ4v) is 0.571. The van der Waals surface area contributed by atoms with E-state index in [-0.39, 0.29) is 26.0 Å². The van der Waals surface area contributed by atoms with Crippen LogP contribution in [0.5, 0.6) is 0 Å². The minimum atomic E-state index is -0.903. The van der Waals surface area contributed by atoms with Crippen LogP contribution in [0.1, 0.15) is 6.92 Å². The molecule has 0 rings (SSSR count). The summed E-state index contributed by atoms with van der Waals surface area (Å²) in [5.74, 6) is -0.903. The van der Waals surface area contributed by atoms with Crippen LogP contribution < -0.4 is 10.6 Å². The van der Waals surface area contributed by atoms with Gasteiger partial charge in [-0.2, -0.15) is 5.26 Å². The van der Waals surface area contributed by atoms with E-state index < -0.39 is 17.6 Å². The second-order valence-corrected chi connectivity index (χ2v) is 2.05. The average molecular weight is 264 g/mol. The third-order valence-electron chi connectivity index (χ3n) is 1.07. The van der Waals surface area contributed by atoms with Gasteiger partial charge in [-0.05, 0) is 6.92 Å². The maximum atomic E-state index is 11.0. The van der Waals surface area contributed by atoms with Crippen LogP contribution in [0.3, 0.4) is 0 Å². The van der Waals surface area contributed by atoms with Crippen LogP contribution in [0.25, 0.3) is 0 Å². The molecule has 2 N–H and O–H groups in total. The Labute approximate surface area is 106 Å². The molecule has 0 saturated carbocycles. The van der Waals surface area contributed by atoms with Crippen molar-refractivity contribution in [3.05, 3.63) is 7.43 Å². The van der Waals surface area contributed by atoms with Gasteiger partial charge in [0.1, 0.15) is 13.2 Å². The topological polar surface area (TPSA) is 104 Å². The van der Waals surface area contributed by atoms with Gasteiger partial charge in [-0.1, -0.05) is 5.16 Å². The molecule has 0 bridgehead atoms. The van der Waals surface area contributed by atoms with E-state index in [2.05, 4.69) is 15.3 Å². The molecule has 0 aromatic rings. The van der Waals surface area contributed by atoms with Crippen molar-refractivity contribution >= 4 is 17.6 Å². The first kappa shape index (κ1) is 20.0. The first-order valence-electron chi connectivity index (χ1n) is 3.76. The summed E-state index contributed by atoms with van der Waals surface area (Å²) in [7, 11) is 1.19. The van der Waals surface area contributed by atoms with Crippen molar-refractivity contribution in [2.45, 2.75) is 6.92 Å². The molecular weight excluding hydrogens is 251 g/mol. The summed E-state index contributed by atoms with van der Waals surface area (Å²) in [4.78, 5) is 26.1. The molecule has 16 heavy (non-hydrogen) atoms. The van der Waals surface area contributed by atoms with Crippen LogP contribution in [0, 0.1) is 18.8 Å². The van der Waals surface area contributed by atoms with Gasteiger partial charge in [0.2, 0.25) is 5.71 Å². The minimum absolute atomic E-state index is 0. The first-order chi connectivity index (χ1) is 6.65. The zero-order valence-electron chi connectivity index (χ0n) is 9.27. The molecule has 0 fully saturated rings. The van der Waals surface area contributed by atoms with Crippen molar-refractivity contribution in [3.63, 3.8) is 0 Å². The molecule has 0 saturated heterocycles. The Balaban J connectivity index is -0.000000845. The molecule has 0 aromatic heterocycles. The van der Waals surface area contributed by atoms with E-state index >= 15 is 0 Å². The van der Waals surface area contributed by atoms with Gasteiger partial charge < -0.3 is 17.6 Å². The minimum Gasteiger partial charge on any atom is -0.398 e. The van der Waals surface area contributed by atoms with E-state index in [1.165, 1.54) is 13.2 Å². The Morgan fingerprint density at radius 2 is 2.06 bits per heavy atom. The Hall–Kier alpha value is -1.52. The maximum Gasteiger partial charge on any atom is 0.321 e. The van der Waals surface area contributed by atoms with E-state index in [1.54, 1.807) is 6.92 Å². The maximum absolute atomic E-state index is 11.0. The average Bonchev–Trinajstić information content (AvgIpc) is 2.14. The number of urea groups is 1. The summed E-state index contributed by atoms with van der Waals surface area (Å²) >= 11 is 0. The summed E-state index contributed by atoms with van der Waals surface area (Å²) < 4.78 is 0. The van der Waals surface area contributed by atoms with Crippen molar-refractivity contribution in [1.29, 1.82) is 5.26 Å². The van der Waals surface area contributed by atoms with Crippen LogP contribution in [0.15, 0.2) is 5.16 Å². The van der Waals surface area contributed by atoms with Crippen molar-refractivity contribution in [2.75, 3.05) is 13.7 Å². The predicted octanol–water partition coefficient (Wildman–Crippen LogP) is -0.194. The Kier molecular flexibility index (Phi) is 14.4. The zero-order chi connectivity index (χ0) is 11.0. The molecule has 0 aliphatic rings. The third-order valence-corrected chi connectivity index (χ3v) is 1.07. The predicted molar refractivity (Wildman–Crippen MR) is 53.7 cm³/mol. The van der Waals surface area contributed by atoms with Crippen molar-refractivity contribution < 1.29 is 33.0 Å². The van der Waals surface area contributed by atoms with Gasteiger partial charge in [-0.3, -0.25) is 10.1 Å². The van der Waals surface area contributed by atoms with Crippen LogP contribution in [0.2, 0.25) is 0 Å². The van der Waals surface area contributed by atoms with Gasteiger partial charge in [0.05, 0.1) is 0 Å². The molecule has 0 atom stereocenters. The molecule has 8 heteroatoms. The largest absolute Gasteiger partial charge is 0.398 e. The van der Waals surface area contributed by atoms with Crippen molar-refractivity contribution in [1.82, 2.24) is 10.6 Å². The SMILES string of the molecule is CCNC(=O)NC(=O)/C(C#N)=N\OC.[CH3-].[V]. The van der Waals surface area contributed by atoms with E-state index in [1.807, 2.05) is 5.32 Å². The number of oxime groups is 1. The number of hydrogen-bond acceptors (Lipinski definition) is 5. The second kappa shape index (κ2) is 11.6. The molecule has 3 amide bonds. The summed E-state index contributed by atoms with van der Waals surface area (Å²) in [6, 6.07) is 0.799. The molecule has 0 spiro atoms. The molecule has 1 radical (unpaired) electrons. The van der Waals surface area contributed by atoms with E-state index in [0.717, 1.165) is 0 Å². The molecule has 0 heterocycles. The quantitative estimate of drug-likeness (QED) is 0.418. The van der Waals surface area contributed by atoms with Crippen LogP contribution in [-0.2, 0) is 28.2 Å². The number of hydrogen-bond donors (Lipinski definition) is 2. The fraction of sp³-hybridized carbons (Fsp3) is 0.375. The Morgan fingerprint density at radius 1 is 1.50 bits per heavy atom. The summed E-state index contributed by atoms with van der Waals surface area (Å²) in [5, 5.41) is 15.8. The van der Waals surface area contributed by atoms with Gasteiger partial charge in [-0.15, -0.1) is 0 Å². The van der Waals surface area contributed by atoms with E-state index in [4.69, 9.17) is 5.26 Å². The number of amides is 3. The van der Waals surface area contributed by atoms with Crippen LogP contribution >= 0.6 is 0 Å². The number of nitrogens with zero attached hydrogens (tertiary/aromatic N) is 2. The van der Waals surface area contributed by atoms with Gasteiger partial charge in [-0.25, -0.2) is 4.79 Å². The first-order valence-corrected chi connectivity index (χ1v) is 3.76. The number of imide groups is 1. The number of rotatable bonds is 3. The van der Waals surface area contributed by atoms with Gasteiger partial charge in [0, 0.05) is 25.1 Å². The summed E-state index contributed by atoms with van der Waals surface area (Å²) in [6.45, 7) is 2.07. The number of nitrogens with one attached hydrogen (secondary N) is 2. The van der Waals surface area contributed by atoms with Crippen LogP contribution in [0.4, 0.5) is 4.79 Å². The molecule has 0 aliphatic carbocycles. The normalized spacial score (nSPS) is 8.69. The number of nitriles is 1. The summed E-state index contributed by atoms with van der Waals surface area (Å²) in [6.07, 6.45) is 0. The monoisotopic (exact) mass is 264 g/mol. The molecule has 0 unspecified atom stereocenters. The van der Waals surface area contributed by atoms with E-state index in [0.29, 0.717) is 6.54 Å². The van der Waals surface area contributed by atoms with Crippen LogP contribution in [-0.4, -0.2) is 31.3 Å². The Bertz CT molecular complexity index is 298. The molecule has 89 valence electrons. The molecular formula is C8H13N4O3V-. The Morgan fingerprint density at radius 3 is 2.44 bits per heavy atom. The smallest absolute Gasteiger partial charge is 0.321 e.